The average Bonchev–Trinajstić information content (AvgIpc) is 2.75. The highest BCUT2D eigenvalue weighted by Gasteiger charge is 2.33. The van der Waals surface area contributed by atoms with Crippen LogP contribution in [0.1, 0.15) is 5.56 Å². The Morgan fingerprint density at radius 2 is 1.72 bits per heavy atom. The molecule has 1 fully saturated rings. The third kappa shape index (κ3) is 4.24. The van der Waals surface area contributed by atoms with Gasteiger partial charge in [0.1, 0.15) is 6.61 Å². The Morgan fingerprint density at radius 1 is 1.03 bits per heavy atom. The van der Waals surface area contributed by atoms with Crippen molar-refractivity contribution in [2.45, 2.75) is 13.0 Å². The fourth-order valence-corrected chi connectivity index (χ4v) is 3.53. The fourth-order valence-electron chi connectivity index (χ4n) is 3.35. The fraction of sp³-hybridized carbons (Fsp3) is 0.333. The lowest BCUT2D eigenvalue weighted by atomic mass is 10.2. The molecule has 2 aliphatic heterocycles. The lowest BCUT2D eigenvalue weighted by Gasteiger charge is -2.37. The molecule has 29 heavy (non-hydrogen) atoms. The number of piperazine rings is 1. The summed E-state index contributed by atoms with van der Waals surface area (Å²) < 4.78 is 11.4. The summed E-state index contributed by atoms with van der Waals surface area (Å²) in [5.41, 5.74) is 1.60. The number of halogens is 1. The number of carbonyl (C=O) groups excluding carboxylic acids is 2. The zero-order valence-electron chi connectivity index (χ0n) is 16.1. The number of amides is 3. The zero-order chi connectivity index (χ0) is 20.4. The van der Waals surface area contributed by atoms with Crippen molar-refractivity contribution < 1.29 is 19.1 Å². The zero-order valence-corrected chi connectivity index (χ0v) is 16.8. The van der Waals surface area contributed by atoms with Crippen molar-refractivity contribution in [2.75, 3.05) is 38.1 Å². The van der Waals surface area contributed by atoms with Gasteiger partial charge in [0.15, 0.2) is 11.5 Å². The molecule has 1 atom stereocenters. The maximum atomic E-state index is 12.8. The second-order valence-electron chi connectivity index (χ2n) is 7.07. The molecule has 1 saturated heterocycles. The minimum absolute atomic E-state index is 0.120. The number of nitrogens with one attached hydrogen (secondary N) is 1. The molecule has 152 valence electrons. The quantitative estimate of drug-likeness (QED) is 0.817. The van der Waals surface area contributed by atoms with Crippen LogP contribution in [0, 0.1) is 6.92 Å². The second-order valence-corrected chi connectivity index (χ2v) is 7.48. The van der Waals surface area contributed by atoms with Crippen LogP contribution < -0.4 is 14.8 Å². The third-order valence-electron chi connectivity index (χ3n) is 5.09. The Hall–Kier alpha value is -2.93. The first kappa shape index (κ1) is 19.4. The molecular weight excluding hydrogens is 394 g/mol. The summed E-state index contributed by atoms with van der Waals surface area (Å²) in [4.78, 5) is 28.7. The number of hydrogen-bond donors (Lipinski definition) is 1. The predicted octanol–water partition coefficient (Wildman–Crippen LogP) is 3.16. The molecule has 7 nitrogen and oxygen atoms in total. The van der Waals surface area contributed by atoms with Crippen molar-refractivity contribution in [3.63, 3.8) is 0 Å². The van der Waals surface area contributed by atoms with Gasteiger partial charge in [-0.3, -0.25) is 4.79 Å². The summed E-state index contributed by atoms with van der Waals surface area (Å²) in [6, 6.07) is 12.5. The molecule has 2 heterocycles. The summed E-state index contributed by atoms with van der Waals surface area (Å²) in [6.45, 7) is 3.88. The van der Waals surface area contributed by atoms with E-state index in [1.54, 1.807) is 21.9 Å². The molecule has 4 rings (SSSR count). The lowest BCUT2D eigenvalue weighted by Crippen LogP contribution is -2.55. The van der Waals surface area contributed by atoms with Gasteiger partial charge in [-0.05, 0) is 36.8 Å². The maximum absolute atomic E-state index is 12.8. The molecular formula is C21H22ClN3O4. The van der Waals surface area contributed by atoms with E-state index in [-0.39, 0.29) is 18.5 Å². The van der Waals surface area contributed by atoms with E-state index in [0.29, 0.717) is 48.4 Å². The van der Waals surface area contributed by atoms with Crippen molar-refractivity contribution in [1.29, 1.82) is 0 Å². The smallest absolute Gasteiger partial charge is 0.321 e. The molecule has 2 aromatic carbocycles. The van der Waals surface area contributed by atoms with Crippen LogP contribution >= 0.6 is 11.6 Å². The van der Waals surface area contributed by atoms with E-state index in [0.717, 1.165) is 5.56 Å². The number of rotatable bonds is 2. The molecule has 0 saturated carbocycles. The van der Waals surface area contributed by atoms with Crippen LogP contribution in [0.5, 0.6) is 11.5 Å². The number of carbonyl (C=O) groups is 2. The highest BCUT2D eigenvalue weighted by molar-refractivity contribution is 6.31. The maximum Gasteiger partial charge on any atom is 0.321 e. The normalized spacial score (nSPS) is 18.3. The van der Waals surface area contributed by atoms with Crippen molar-refractivity contribution in [2.24, 2.45) is 0 Å². The molecule has 3 amide bonds. The number of anilines is 1. The first-order valence-corrected chi connectivity index (χ1v) is 9.88. The molecule has 0 bridgehead atoms. The largest absolute Gasteiger partial charge is 0.485 e. The van der Waals surface area contributed by atoms with Crippen molar-refractivity contribution in [1.82, 2.24) is 9.80 Å². The Balaban J connectivity index is 1.30. The van der Waals surface area contributed by atoms with E-state index in [1.807, 2.05) is 37.3 Å². The van der Waals surface area contributed by atoms with Gasteiger partial charge in [-0.25, -0.2) is 4.79 Å². The third-order valence-corrected chi connectivity index (χ3v) is 5.49. The molecule has 1 N–H and O–H groups in total. The van der Waals surface area contributed by atoms with Crippen LogP contribution in [0.3, 0.4) is 0 Å². The van der Waals surface area contributed by atoms with Gasteiger partial charge in [-0.2, -0.15) is 0 Å². The summed E-state index contributed by atoms with van der Waals surface area (Å²) in [5.74, 6) is 1.10. The van der Waals surface area contributed by atoms with Crippen molar-refractivity contribution in [3.05, 3.63) is 53.1 Å². The minimum atomic E-state index is -0.667. The number of aryl methyl sites for hydroxylation is 1. The van der Waals surface area contributed by atoms with E-state index < -0.39 is 6.10 Å². The van der Waals surface area contributed by atoms with Crippen LogP contribution in [0.25, 0.3) is 0 Å². The molecule has 2 aliphatic rings. The molecule has 0 aromatic heterocycles. The predicted molar refractivity (Wildman–Crippen MR) is 110 cm³/mol. The van der Waals surface area contributed by atoms with Gasteiger partial charge < -0.3 is 24.6 Å². The molecule has 2 aromatic rings. The Morgan fingerprint density at radius 3 is 2.45 bits per heavy atom. The number of para-hydroxylation sites is 2. The first-order chi connectivity index (χ1) is 14.0. The second kappa shape index (κ2) is 8.21. The van der Waals surface area contributed by atoms with Crippen LogP contribution in [0.4, 0.5) is 10.5 Å². The monoisotopic (exact) mass is 415 g/mol. The van der Waals surface area contributed by atoms with Gasteiger partial charge in [0, 0.05) is 36.9 Å². The topological polar surface area (TPSA) is 71.1 Å². The Labute approximate surface area is 174 Å². The standard InChI is InChI=1S/C21H22ClN3O4/c1-14-6-7-15(12-16(14)22)23-21(27)25-10-8-24(9-11-25)20(26)19-13-28-17-4-2-3-5-18(17)29-19/h2-7,12,19H,8-11,13H2,1H3,(H,23,27). The first-order valence-electron chi connectivity index (χ1n) is 9.50. The van der Waals surface area contributed by atoms with Crippen LogP contribution in [0.15, 0.2) is 42.5 Å². The SMILES string of the molecule is Cc1ccc(NC(=O)N2CCN(C(=O)C3COc4ccccc4O3)CC2)cc1Cl. The summed E-state index contributed by atoms with van der Waals surface area (Å²) in [6.07, 6.45) is -0.667. The van der Waals surface area contributed by atoms with Crippen molar-refractivity contribution in [3.8, 4) is 11.5 Å². The average molecular weight is 416 g/mol. The highest BCUT2D eigenvalue weighted by Crippen LogP contribution is 2.31. The van der Waals surface area contributed by atoms with Gasteiger partial charge in [0.2, 0.25) is 6.10 Å². The van der Waals surface area contributed by atoms with Crippen LogP contribution in [-0.2, 0) is 4.79 Å². The molecule has 0 radical (unpaired) electrons. The van der Waals surface area contributed by atoms with Crippen LogP contribution in [0.2, 0.25) is 5.02 Å². The van der Waals surface area contributed by atoms with E-state index in [9.17, 15) is 9.59 Å². The number of urea groups is 1. The van der Waals surface area contributed by atoms with E-state index in [4.69, 9.17) is 21.1 Å². The van der Waals surface area contributed by atoms with Gasteiger partial charge in [-0.15, -0.1) is 0 Å². The molecule has 1 unspecified atom stereocenters. The van der Waals surface area contributed by atoms with Crippen molar-refractivity contribution >= 4 is 29.2 Å². The van der Waals surface area contributed by atoms with E-state index >= 15 is 0 Å². The molecule has 0 spiro atoms. The van der Waals surface area contributed by atoms with Gasteiger partial charge in [0.25, 0.3) is 5.91 Å². The number of nitrogens with zero attached hydrogens (tertiary/aromatic N) is 2. The number of hydrogen-bond acceptors (Lipinski definition) is 4. The molecule has 0 aliphatic carbocycles. The number of fused-ring (bicyclic) bond motifs is 1. The Bertz CT molecular complexity index is 928. The summed E-state index contributed by atoms with van der Waals surface area (Å²) in [5, 5.41) is 3.46. The van der Waals surface area contributed by atoms with Gasteiger partial charge >= 0.3 is 6.03 Å². The Kier molecular flexibility index (Phi) is 5.49. The summed E-state index contributed by atoms with van der Waals surface area (Å²) in [7, 11) is 0. The number of benzene rings is 2. The molecule has 8 heteroatoms. The number of ether oxygens (including phenoxy) is 2. The highest BCUT2D eigenvalue weighted by atomic mass is 35.5. The minimum Gasteiger partial charge on any atom is -0.485 e. The van der Waals surface area contributed by atoms with E-state index in [2.05, 4.69) is 5.32 Å². The van der Waals surface area contributed by atoms with E-state index in [1.165, 1.54) is 0 Å². The van der Waals surface area contributed by atoms with Gasteiger partial charge in [-0.1, -0.05) is 29.8 Å². The lowest BCUT2D eigenvalue weighted by molar-refractivity contribution is -0.142. The van der Waals surface area contributed by atoms with Gasteiger partial charge in [0.05, 0.1) is 0 Å². The summed E-state index contributed by atoms with van der Waals surface area (Å²) >= 11 is 6.11. The van der Waals surface area contributed by atoms with Crippen LogP contribution in [-0.4, -0.2) is 60.6 Å².